The summed E-state index contributed by atoms with van der Waals surface area (Å²) in [6.45, 7) is 0.526. The molecule has 2 N–H and O–H groups in total. The molecule has 0 bridgehead atoms. The molecule has 146 valence electrons. The van der Waals surface area contributed by atoms with Gasteiger partial charge >= 0.3 is 10.2 Å². The highest BCUT2D eigenvalue weighted by atomic mass is 32.2. The van der Waals surface area contributed by atoms with Crippen molar-refractivity contribution in [1.82, 2.24) is 4.31 Å². The van der Waals surface area contributed by atoms with Gasteiger partial charge in [-0.15, -0.1) is 0 Å². The van der Waals surface area contributed by atoms with Gasteiger partial charge in [0.05, 0.1) is 0 Å². The van der Waals surface area contributed by atoms with Crippen molar-refractivity contribution in [3.63, 3.8) is 0 Å². The van der Waals surface area contributed by atoms with Crippen LogP contribution >= 0.6 is 0 Å². The van der Waals surface area contributed by atoms with E-state index in [0.717, 1.165) is 27.0 Å². The van der Waals surface area contributed by atoms with Crippen LogP contribution in [0.5, 0.6) is 5.75 Å². The molecule has 3 aromatic carbocycles. The fourth-order valence-corrected chi connectivity index (χ4v) is 3.02. The normalized spacial score (nSPS) is 11.2. The second-order valence-corrected chi connectivity index (χ2v) is 8.28. The molecule has 0 radical (unpaired) electrons. The summed E-state index contributed by atoms with van der Waals surface area (Å²) in [5.41, 5.74) is 3.39. The van der Waals surface area contributed by atoms with E-state index in [2.05, 4.69) is 10.0 Å². The third-order valence-electron chi connectivity index (χ3n) is 4.00. The highest BCUT2D eigenvalue weighted by Gasteiger charge is 2.12. The number of hydrogen-bond acceptors (Lipinski definition) is 4. The molecule has 0 saturated carbocycles. The van der Waals surface area contributed by atoms with Gasteiger partial charge in [-0.3, -0.25) is 4.72 Å². The lowest BCUT2D eigenvalue weighted by Crippen LogP contribution is -2.28. The Hall–Kier alpha value is -3.03. The minimum atomic E-state index is -3.50. The second-order valence-electron chi connectivity index (χ2n) is 6.39. The van der Waals surface area contributed by atoms with Crippen LogP contribution in [0, 0.1) is 0 Å². The fourth-order valence-electron chi connectivity index (χ4n) is 2.40. The van der Waals surface area contributed by atoms with Crippen molar-refractivity contribution in [2.45, 2.75) is 6.61 Å². The molecule has 0 fully saturated rings. The van der Waals surface area contributed by atoms with E-state index in [-0.39, 0.29) is 0 Å². The molecule has 0 aliphatic heterocycles. The average molecular weight is 398 g/mol. The van der Waals surface area contributed by atoms with Gasteiger partial charge in [0.15, 0.2) is 0 Å². The number of nitrogens with zero attached hydrogens (tertiary/aromatic N) is 1. The van der Waals surface area contributed by atoms with Gasteiger partial charge in [-0.1, -0.05) is 30.3 Å². The first-order valence-corrected chi connectivity index (χ1v) is 10.2. The average Bonchev–Trinajstić information content (AvgIpc) is 2.69. The summed E-state index contributed by atoms with van der Waals surface area (Å²) < 4.78 is 33.1. The molecule has 0 atom stereocenters. The van der Waals surface area contributed by atoms with Gasteiger partial charge in [-0.05, 0) is 54.1 Å². The van der Waals surface area contributed by atoms with E-state index in [0.29, 0.717) is 12.3 Å². The summed E-state index contributed by atoms with van der Waals surface area (Å²) in [4.78, 5) is 0. The van der Waals surface area contributed by atoms with E-state index in [1.807, 2.05) is 66.7 Å². The third kappa shape index (κ3) is 5.48. The standard InChI is InChI=1S/C21H23N3O3S/c1-24(2)28(25,26)23-20-10-8-18(9-11-20)22-19-12-14-21(15-13-19)27-16-17-6-4-3-5-7-17/h3-15,22-23H,16H2,1-2H3. The summed E-state index contributed by atoms with van der Waals surface area (Å²) in [6, 6.07) is 24.7. The van der Waals surface area contributed by atoms with Crippen molar-refractivity contribution in [1.29, 1.82) is 0 Å². The lowest BCUT2D eigenvalue weighted by Gasteiger charge is -2.14. The van der Waals surface area contributed by atoms with Crippen molar-refractivity contribution in [2.75, 3.05) is 24.1 Å². The highest BCUT2D eigenvalue weighted by Crippen LogP contribution is 2.22. The lowest BCUT2D eigenvalue weighted by atomic mass is 10.2. The van der Waals surface area contributed by atoms with Gasteiger partial charge < -0.3 is 10.1 Å². The number of benzene rings is 3. The van der Waals surface area contributed by atoms with Gasteiger partial charge in [0.2, 0.25) is 0 Å². The Kier molecular flexibility index (Phi) is 6.18. The Morgan fingerprint density at radius 3 is 1.89 bits per heavy atom. The predicted octanol–water partition coefficient (Wildman–Crippen LogP) is 4.23. The molecule has 0 amide bonds. The van der Waals surface area contributed by atoms with Crippen molar-refractivity contribution < 1.29 is 13.2 Å². The van der Waals surface area contributed by atoms with Crippen LogP contribution in [-0.4, -0.2) is 26.8 Å². The molecule has 3 aromatic rings. The van der Waals surface area contributed by atoms with Crippen molar-refractivity contribution in [2.24, 2.45) is 0 Å². The summed E-state index contributed by atoms with van der Waals surface area (Å²) in [7, 11) is -0.549. The summed E-state index contributed by atoms with van der Waals surface area (Å²) in [5, 5.41) is 3.27. The zero-order valence-corrected chi connectivity index (χ0v) is 16.6. The molecule has 6 nitrogen and oxygen atoms in total. The van der Waals surface area contributed by atoms with E-state index in [1.165, 1.54) is 14.1 Å². The number of rotatable bonds is 8. The van der Waals surface area contributed by atoms with Crippen LogP contribution in [0.15, 0.2) is 78.9 Å². The molecular weight excluding hydrogens is 374 g/mol. The van der Waals surface area contributed by atoms with E-state index in [1.54, 1.807) is 12.1 Å². The zero-order chi connectivity index (χ0) is 20.0. The van der Waals surface area contributed by atoms with E-state index >= 15 is 0 Å². The molecule has 7 heteroatoms. The van der Waals surface area contributed by atoms with Gasteiger partial charge in [0, 0.05) is 31.2 Å². The smallest absolute Gasteiger partial charge is 0.301 e. The highest BCUT2D eigenvalue weighted by molar-refractivity contribution is 7.90. The number of ether oxygens (including phenoxy) is 1. The maximum atomic E-state index is 11.8. The maximum absolute atomic E-state index is 11.8. The maximum Gasteiger partial charge on any atom is 0.301 e. The van der Waals surface area contributed by atoms with E-state index in [9.17, 15) is 8.42 Å². The van der Waals surface area contributed by atoms with Crippen molar-refractivity contribution in [3.8, 4) is 5.75 Å². The predicted molar refractivity (Wildman–Crippen MR) is 113 cm³/mol. The van der Waals surface area contributed by atoms with Gasteiger partial charge in [0.1, 0.15) is 12.4 Å². The number of anilines is 3. The topological polar surface area (TPSA) is 70.7 Å². The van der Waals surface area contributed by atoms with Crippen LogP contribution in [0.2, 0.25) is 0 Å². The Morgan fingerprint density at radius 2 is 1.32 bits per heavy atom. The van der Waals surface area contributed by atoms with E-state index in [4.69, 9.17) is 4.74 Å². The van der Waals surface area contributed by atoms with Crippen LogP contribution in [0.4, 0.5) is 17.1 Å². The SMILES string of the molecule is CN(C)S(=O)(=O)Nc1ccc(Nc2ccc(OCc3ccccc3)cc2)cc1. The zero-order valence-electron chi connectivity index (χ0n) is 15.8. The molecule has 0 aliphatic rings. The Bertz CT molecular complexity index is 987. The monoisotopic (exact) mass is 397 g/mol. The number of nitrogens with one attached hydrogen (secondary N) is 2. The molecule has 0 spiro atoms. The van der Waals surface area contributed by atoms with Crippen LogP contribution in [-0.2, 0) is 16.8 Å². The first kappa shape index (κ1) is 19.7. The molecule has 3 rings (SSSR count). The molecule has 0 saturated heterocycles. The Balaban J connectivity index is 1.56. The summed E-state index contributed by atoms with van der Waals surface area (Å²) >= 11 is 0. The van der Waals surface area contributed by atoms with Crippen LogP contribution in [0.25, 0.3) is 0 Å². The summed E-state index contributed by atoms with van der Waals surface area (Å²) in [6.07, 6.45) is 0. The molecule has 0 heterocycles. The van der Waals surface area contributed by atoms with Crippen molar-refractivity contribution in [3.05, 3.63) is 84.4 Å². The first-order valence-electron chi connectivity index (χ1n) is 8.76. The third-order valence-corrected chi connectivity index (χ3v) is 5.46. The van der Waals surface area contributed by atoms with Crippen molar-refractivity contribution >= 4 is 27.3 Å². The fraction of sp³-hybridized carbons (Fsp3) is 0.143. The Labute approximate surface area is 166 Å². The quantitative estimate of drug-likeness (QED) is 0.597. The minimum absolute atomic E-state index is 0.504. The van der Waals surface area contributed by atoms with Gasteiger partial charge in [-0.2, -0.15) is 12.7 Å². The molecular formula is C21H23N3O3S. The van der Waals surface area contributed by atoms with Gasteiger partial charge in [-0.25, -0.2) is 0 Å². The van der Waals surface area contributed by atoms with Crippen LogP contribution < -0.4 is 14.8 Å². The van der Waals surface area contributed by atoms with E-state index < -0.39 is 10.2 Å². The van der Waals surface area contributed by atoms with Crippen LogP contribution in [0.1, 0.15) is 5.56 Å². The molecule has 0 aliphatic carbocycles. The second kappa shape index (κ2) is 8.77. The molecule has 28 heavy (non-hydrogen) atoms. The summed E-state index contributed by atoms with van der Waals surface area (Å²) in [5.74, 6) is 0.794. The van der Waals surface area contributed by atoms with Gasteiger partial charge in [0.25, 0.3) is 0 Å². The lowest BCUT2D eigenvalue weighted by molar-refractivity contribution is 0.306. The molecule has 0 unspecified atom stereocenters. The Morgan fingerprint density at radius 1 is 0.786 bits per heavy atom. The van der Waals surface area contributed by atoms with Crippen LogP contribution in [0.3, 0.4) is 0 Å². The largest absolute Gasteiger partial charge is 0.489 e. The minimum Gasteiger partial charge on any atom is -0.489 e. The molecule has 0 aromatic heterocycles. The first-order chi connectivity index (χ1) is 13.4. The number of hydrogen-bond donors (Lipinski definition) is 2.